The van der Waals surface area contributed by atoms with Crippen LogP contribution in [0.1, 0.15) is 36.0 Å². The number of piperidine rings is 1. The molecule has 0 saturated carbocycles. The minimum atomic E-state index is -0.539. The van der Waals surface area contributed by atoms with Crippen molar-refractivity contribution in [3.05, 3.63) is 71.3 Å². The molecule has 4 rings (SSSR count). The van der Waals surface area contributed by atoms with Crippen molar-refractivity contribution in [1.82, 2.24) is 25.1 Å². The van der Waals surface area contributed by atoms with Crippen LogP contribution in [0.15, 0.2) is 48.8 Å². The number of nitrogens with zero attached hydrogens (tertiary/aromatic N) is 6. The number of rotatable bonds is 7. The molecule has 0 spiro atoms. The van der Waals surface area contributed by atoms with Crippen LogP contribution in [0.2, 0.25) is 0 Å². The van der Waals surface area contributed by atoms with Gasteiger partial charge in [0.1, 0.15) is 24.5 Å². The fourth-order valence-corrected chi connectivity index (χ4v) is 4.17. The number of amides is 1. The van der Waals surface area contributed by atoms with Crippen LogP contribution in [0.5, 0.6) is 0 Å². The van der Waals surface area contributed by atoms with Crippen molar-refractivity contribution in [3.8, 4) is 11.8 Å². The summed E-state index contributed by atoms with van der Waals surface area (Å²) in [4.78, 5) is 26.5. The van der Waals surface area contributed by atoms with Crippen molar-refractivity contribution in [3.63, 3.8) is 0 Å². The van der Waals surface area contributed by atoms with Crippen LogP contribution in [-0.4, -0.2) is 50.4 Å². The highest BCUT2D eigenvalue weighted by Crippen LogP contribution is 2.34. The monoisotopic (exact) mass is 446 g/mol. The number of benzene rings is 2. The third kappa shape index (κ3) is 5.12. The van der Waals surface area contributed by atoms with Crippen LogP contribution in [0.3, 0.4) is 0 Å². The molecule has 1 aromatic heterocycles. The summed E-state index contributed by atoms with van der Waals surface area (Å²) >= 11 is 0. The Morgan fingerprint density at radius 1 is 1.15 bits per heavy atom. The number of aromatic nitrogens is 4. The number of carbonyl (C=O) groups is 2. The maximum atomic E-state index is 13.5. The standard InChI is InChI=1S/C24H23FN6O2/c25-22-6-3-19(13-20(22)15-26)7-8-24(16-32)9-11-30(12-10-24)23(33)14-18-1-4-21(5-2-18)31-17-27-28-29-31/h1-6,13,16-17H,7-12,14H2. The lowest BCUT2D eigenvalue weighted by atomic mass is 9.75. The van der Waals surface area contributed by atoms with Gasteiger partial charge in [0.05, 0.1) is 17.7 Å². The molecule has 0 unspecified atom stereocenters. The molecule has 1 amide bonds. The quantitative estimate of drug-likeness (QED) is 0.517. The summed E-state index contributed by atoms with van der Waals surface area (Å²) in [6.45, 7) is 1.04. The van der Waals surface area contributed by atoms with Crippen molar-refractivity contribution >= 4 is 12.2 Å². The number of carbonyl (C=O) groups excluding carboxylic acids is 2. The van der Waals surface area contributed by atoms with Crippen LogP contribution < -0.4 is 0 Å². The van der Waals surface area contributed by atoms with Gasteiger partial charge in [-0.25, -0.2) is 9.07 Å². The highest BCUT2D eigenvalue weighted by atomic mass is 19.1. The number of nitriles is 1. The summed E-state index contributed by atoms with van der Waals surface area (Å²) in [7, 11) is 0. The van der Waals surface area contributed by atoms with Crippen molar-refractivity contribution in [2.75, 3.05) is 13.1 Å². The molecule has 1 saturated heterocycles. The molecule has 33 heavy (non-hydrogen) atoms. The van der Waals surface area contributed by atoms with Gasteiger partial charge in [-0.15, -0.1) is 5.10 Å². The highest BCUT2D eigenvalue weighted by Gasteiger charge is 2.35. The van der Waals surface area contributed by atoms with E-state index < -0.39 is 11.2 Å². The Kier molecular flexibility index (Phi) is 6.54. The first kappa shape index (κ1) is 22.3. The summed E-state index contributed by atoms with van der Waals surface area (Å²) in [5.74, 6) is -0.509. The number of tetrazole rings is 1. The van der Waals surface area contributed by atoms with Gasteiger partial charge in [-0.1, -0.05) is 18.2 Å². The molecular weight excluding hydrogens is 423 g/mol. The maximum Gasteiger partial charge on any atom is 0.226 e. The van der Waals surface area contributed by atoms with Crippen LogP contribution in [0.25, 0.3) is 5.69 Å². The lowest BCUT2D eigenvalue weighted by Crippen LogP contribution is -2.44. The first-order valence-electron chi connectivity index (χ1n) is 10.8. The summed E-state index contributed by atoms with van der Waals surface area (Å²) < 4.78 is 15.1. The summed E-state index contributed by atoms with van der Waals surface area (Å²) in [5.41, 5.74) is 2.05. The van der Waals surface area contributed by atoms with Crippen molar-refractivity contribution in [1.29, 1.82) is 5.26 Å². The minimum absolute atomic E-state index is 0.0130. The van der Waals surface area contributed by atoms with Gasteiger partial charge in [0.25, 0.3) is 0 Å². The zero-order valence-corrected chi connectivity index (χ0v) is 18.0. The molecule has 0 radical (unpaired) electrons. The van der Waals surface area contributed by atoms with E-state index in [1.165, 1.54) is 18.5 Å². The number of likely N-dealkylation sites (tertiary alicyclic amines) is 1. The molecule has 2 aromatic carbocycles. The average molecular weight is 446 g/mol. The number of hydrogen-bond acceptors (Lipinski definition) is 6. The Balaban J connectivity index is 1.31. The number of aryl methyl sites for hydroxylation is 1. The normalized spacial score (nSPS) is 15.1. The number of aldehydes is 1. The van der Waals surface area contributed by atoms with E-state index in [0.29, 0.717) is 38.8 Å². The fraction of sp³-hybridized carbons (Fsp3) is 0.333. The summed E-state index contributed by atoms with van der Waals surface area (Å²) in [6.07, 6.45) is 5.16. The van der Waals surface area contributed by atoms with E-state index in [9.17, 15) is 14.0 Å². The van der Waals surface area contributed by atoms with Crippen LogP contribution >= 0.6 is 0 Å². The molecule has 9 heteroatoms. The zero-order chi connectivity index (χ0) is 23.3. The Hall–Kier alpha value is -3.93. The van der Waals surface area contributed by atoms with Gasteiger partial charge in [0.2, 0.25) is 5.91 Å². The minimum Gasteiger partial charge on any atom is -0.342 e. The Labute approximate surface area is 190 Å². The summed E-state index contributed by atoms with van der Waals surface area (Å²) in [6, 6.07) is 13.8. The topological polar surface area (TPSA) is 105 Å². The second-order valence-corrected chi connectivity index (χ2v) is 8.38. The van der Waals surface area contributed by atoms with Gasteiger partial charge in [0.15, 0.2) is 0 Å². The molecule has 2 heterocycles. The van der Waals surface area contributed by atoms with E-state index in [1.54, 1.807) is 10.7 Å². The largest absolute Gasteiger partial charge is 0.342 e. The molecule has 0 bridgehead atoms. The van der Waals surface area contributed by atoms with E-state index in [-0.39, 0.29) is 17.9 Å². The van der Waals surface area contributed by atoms with Gasteiger partial charge in [-0.3, -0.25) is 4.79 Å². The van der Waals surface area contributed by atoms with Gasteiger partial charge in [0, 0.05) is 18.5 Å². The zero-order valence-electron chi connectivity index (χ0n) is 18.0. The van der Waals surface area contributed by atoms with E-state index in [4.69, 9.17) is 5.26 Å². The molecule has 3 aromatic rings. The Morgan fingerprint density at radius 2 is 1.88 bits per heavy atom. The third-order valence-electron chi connectivity index (χ3n) is 6.33. The molecule has 0 aliphatic carbocycles. The molecule has 1 aliphatic rings. The van der Waals surface area contributed by atoms with E-state index in [0.717, 1.165) is 23.1 Å². The van der Waals surface area contributed by atoms with E-state index in [2.05, 4.69) is 15.5 Å². The van der Waals surface area contributed by atoms with Gasteiger partial charge >= 0.3 is 0 Å². The molecule has 1 fully saturated rings. The first-order chi connectivity index (χ1) is 16.0. The van der Waals surface area contributed by atoms with Crippen molar-refractivity contribution in [2.45, 2.75) is 32.1 Å². The van der Waals surface area contributed by atoms with Crippen molar-refractivity contribution in [2.24, 2.45) is 5.41 Å². The molecule has 168 valence electrons. The predicted molar refractivity (Wildman–Crippen MR) is 117 cm³/mol. The van der Waals surface area contributed by atoms with Crippen LogP contribution in [-0.2, 0) is 22.4 Å². The molecular formula is C24H23FN6O2. The molecule has 1 aliphatic heterocycles. The number of halogens is 1. The highest BCUT2D eigenvalue weighted by molar-refractivity contribution is 5.79. The third-order valence-corrected chi connectivity index (χ3v) is 6.33. The smallest absolute Gasteiger partial charge is 0.226 e. The SMILES string of the molecule is N#Cc1cc(CCC2(C=O)CCN(C(=O)Cc3ccc(-n4cnnn4)cc3)CC2)ccc1F. The second-order valence-electron chi connectivity index (χ2n) is 8.38. The lowest BCUT2D eigenvalue weighted by Gasteiger charge is -2.38. The molecule has 0 atom stereocenters. The summed E-state index contributed by atoms with van der Waals surface area (Å²) in [5, 5.41) is 20.1. The van der Waals surface area contributed by atoms with Crippen molar-refractivity contribution < 1.29 is 14.0 Å². The average Bonchev–Trinajstić information content (AvgIpc) is 3.39. The number of hydrogen-bond donors (Lipinski definition) is 0. The first-order valence-corrected chi connectivity index (χ1v) is 10.8. The molecule has 0 N–H and O–H groups in total. The fourth-order valence-electron chi connectivity index (χ4n) is 4.17. The van der Waals surface area contributed by atoms with Gasteiger partial charge < -0.3 is 9.69 Å². The van der Waals surface area contributed by atoms with E-state index in [1.807, 2.05) is 35.2 Å². The maximum absolute atomic E-state index is 13.5. The Morgan fingerprint density at radius 3 is 2.52 bits per heavy atom. The second kappa shape index (κ2) is 9.69. The van der Waals surface area contributed by atoms with Crippen LogP contribution in [0.4, 0.5) is 4.39 Å². The van der Waals surface area contributed by atoms with Gasteiger partial charge in [-0.2, -0.15) is 5.26 Å². The molecule has 8 nitrogen and oxygen atoms in total. The lowest BCUT2D eigenvalue weighted by molar-refractivity contribution is -0.135. The van der Waals surface area contributed by atoms with E-state index >= 15 is 0 Å². The van der Waals surface area contributed by atoms with Crippen LogP contribution in [0, 0.1) is 22.6 Å². The van der Waals surface area contributed by atoms with Gasteiger partial charge in [-0.05, 0) is 71.5 Å². The Bertz CT molecular complexity index is 1160. The predicted octanol–water partition coefficient (Wildman–Crippen LogP) is 2.66.